The zero-order valence-electron chi connectivity index (χ0n) is 12.1. The molecule has 1 N–H and O–H groups in total. The molecule has 22 heavy (non-hydrogen) atoms. The summed E-state index contributed by atoms with van der Waals surface area (Å²) < 4.78 is 13.0. The van der Waals surface area contributed by atoms with E-state index in [1.165, 1.54) is 37.2 Å². The first-order valence-electron chi connectivity index (χ1n) is 6.56. The van der Waals surface area contributed by atoms with Crippen LogP contribution in [0.25, 0.3) is 0 Å². The lowest BCUT2D eigenvalue weighted by Crippen LogP contribution is -2.37. The summed E-state index contributed by atoms with van der Waals surface area (Å²) >= 11 is 5.65. The summed E-state index contributed by atoms with van der Waals surface area (Å²) in [5, 5.41) is 2.59. The molecule has 8 heteroatoms. The van der Waals surface area contributed by atoms with E-state index >= 15 is 0 Å². The van der Waals surface area contributed by atoms with E-state index in [1.54, 1.807) is 0 Å². The Morgan fingerprint density at radius 2 is 2.05 bits per heavy atom. The topological polar surface area (TPSA) is 69.7 Å². The van der Waals surface area contributed by atoms with Gasteiger partial charge in [-0.05, 0) is 17.7 Å². The number of imide groups is 1. The molecule has 0 bridgehead atoms. The molecular weight excluding hydrogens is 313 g/mol. The fourth-order valence-corrected chi connectivity index (χ4v) is 2.38. The molecule has 2 rings (SSSR count). The number of carbonyl (C=O) groups is 3. The number of likely N-dealkylation sites (N-methyl/N-ethyl adjacent to an activating group) is 2. The van der Waals surface area contributed by atoms with Crippen molar-refractivity contribution in [2.24, 2.45) is 0 Å². The maximum Gasteiger partial charge on any atom is 0.326 e. The van der Waals surface area contributed by atoms with Gasteiger partial charge in [-0.2, -0.15) is 0 Å². The minimum atomic E-state index is -0.797. The van der Waals surface area contributed by atoms with Crippen LogP contribution in [0.1, 0.15) is 12.0 Å². The summed E-state index contributed by atoms with van der Waals surface area (Å²) in [6.07, 6.45) is -0.125. The van der Waals surface area contributed by atoms with E-state index in [9.17, 15) is 18.8 Å². The third-order valence-electron chi connectivity index (χ3n) is 3.52. The normalized spacial score (nSPS) is 18.1. The largest absolute Gasteiger partial charge is 0.352 e. The monoisotopic (exact) mass is 327 g/mol. The van der Waals surface area contributed by atoms with Gasteiger partial charge >= 0.3 is 6.03 Å². The van der Waals surface area contributed by atoms with Gasteiger partial charge in [0.05, 0.1) is 11.4 Å². The summed E-state index contributed by atoms with van der Waals surface area (Å²) in [5.41, 5.74) is 0.638. The number of benzene rings is 1. The number of amides is 4. The molecule has 1 saturated heterocycles. The number of urea groups is 1. The van der Waals surface area contributed by atoms with Crippen LogP contribution < -0.4 is 5.32 Å². The summed E-state index contributed by atoms with van der Waals surface area (Å²) in [4.78, 5) is 37.6. The lowest BCUT2D eigenvalue weighted by atomic mass is 10.1. The Hall–Kier alpha value is -2.15. The molecule has 6 nitrogen and oxygen atoms in total. The Morgan fingerprint density at radius 3 is 2.59 bits per heavy atom. The molecule has 1 aromatic carbocycles. The van der Waals surface area contributed by atoms with Gasteiger partial charge < -0.3 is 10.2 Å². The highest BCUT2D eigenvalue weighted by Gasteiger charge is 2.41. The predicted octanol–water partition coefficient (Wildman–Crippen LogP) is 1.38. The SMILES string of the molecule is CN1C(=O)[C@H](CC(=O)NCc2ccc(F)c(Cl)c2)N(C)C1=O. The van der Waals surface area contributed by atoms with Gasteiger partial charge in [-0.3, -0.25) is 14.5 Å². The van der Waals surface area contributed by atoms with Crippen molar-refractivity contribution >= 4 is 29.4 Å². The van der Waals surface area contributed by atoms with Crippen molar-refractivity contribution in [3.8, 4) is 0 Å². The Kier molecular flexibility index (Phi) is 4.65. The van der Waals surface area contributed by atoms with Crippen LogP contribution in [0.3, 0.4) is 0 Å². The molecule has 0 saturated carbocycles. The number of nitrogens with one attached hydrogen (secondary N) is 1. The van der Waals surface area contributed by atoms with Crippen LogP contribution in [0.2, 0.25) is 5.02 Å². The summed E-state index contributed by atoms with van der Waals surface area (Å²) in [7, 11) is 2.85. The number of nitrogens with zero attached hydrogens (tertiary/aromatic N) is 2. The molecule has 1 aliphatic rings. The molecule has 4 amide bonds. The second kappa shape index (κ2) is 6.31. The van der Waals surface area contributed by atoms with Crippen LogP contribution >= 0.6 is 11.6 Å². The van der Waals surface area contributed by atoms with Crippen LogP contribution in [0.4, 0.5) is 9.18 Å². The Labute approximate surface area is 131 Å². The van der Waals surface area contributed by atoms with Crippen LogP contribution in [0.15, 0.2) is 18.2 Å². The summed E-state index contributed by atoms with van der Waals surface area (Å²) in [5.74, 6) is -1.32. The average Bonchev–Trinajstić information content (AvgIpc) is 2.66. The maximum absolute atomic E-state index is 13.0. The third-order valence-corrected chi connectivity index (χ3v) is 3.81. The molecule has 1 fully saturated rings. The van der Waals surface area contributed by atoms with Crippen LogP contribution in [-0.2, 0) is 16.1 Å². The van der Waals surface area contributed by atoms with Gasteiger partial charge in [0.2, 0.25) is 5.91 Å². The van der Waals surface area contributed by atoms with Gasteiger partial charge in [-0.15, -0.1) is 0 Å². The molecule has 0 aromatic heterocycles. The zero-order chi connectivity index (χ0) is 16.4. The maximum atomic E-state index is 13.0. The number of halogens is 2. The molecule has 118 valence electrons. The standard InChI is InChI=1S/C14H15ClFN3O3/c1-18-11(13(21)19(2)14(18)22)6-12(20)17-7-8-3-4-10(16)9(15)5-8/h3-5,11H,6-7H2,1-2H3,(H,17,20)/t11-/m0/s1. The fraction of sp³-hybridized carbons (Fsp3) is 0.357. The van der Waals surface area contributed by atoms with Crippen molar-refractivity contribution in [3.63, 3.8) is 0 Å². The highest BCUT2D eigenvalue weighted by Crippen LogP contribution is 2.17. The van der Waals surface area contributed by atoms with Crippen molar-refractivity contribution in [3.05, 3.63) is 34.6 Å². The average molecular weight is 328 g/mol. The quantitative estimate of drug-likeness (QED) is 0.849. The number of carbonyl (C=O) groups excluding carboxylic acids is 3. The molecule has 1 aliphatic heterocycles. The second-order valence-electron chi connectivity index (χ2n) is 5.04. The highest BCUT2D eigenvalue weighted by atomic mass is 35.5. The number of hydrogen-bond acceptors (Lipinski definition) is 3. The van der Waals surface area contributed by atoms with E-state index in [2.05, 4.69) is 5.32 Å². The Balaban J connectivity index is 1.92. The number of rotatable bonds is 4. The lowest BCUT2D eigenvalue weighted by Gasteiger charge is -2.15. The fourth-order valence-electron chi connectivity index (χ4n) is 2.18. The van der Waals surface area contributed by atoms with Crippen molar-refractivity contribution < 1.29 is 18.8 Å². The third kappa shape index (κ3) is 3.19. The summed E-state index contributed by atoms with van der Waals surface area (Å²) in [6, 6.07) is 2.90. The zero-order valence-corrected chi connectivity index (χ0v) is 12.9. The molecule has 0 spiro atoms. The van der Waals surface area contributed by atoms with Gasteiger partial charge in [0, 0.05) is 20.6 Å². The molecule has 0 radical (unpaired) electrons. The first-order valence-corrected chi connectivity index (χ1v) is 6.94. The Morgan fingerprint density at radius 1 is 1.36 bits per heavy atom. The van der Waals surface area contributed by atoms with Crippen LogP contribution in [0, 0.1) is 5.82 Å². The summed E-state index contributed by atoms with van der Waals surface area (Å²) in [6.45, 7) is 0.160. The molecule has 1 heterocycles. The van der Waals surface area contributed by atoms with E-state index in [0.717, 1.165) is 4.90 Å². The molecule has 1 aromatic rings. The smallest absolute Gasteiger partial charge is 0.326 e. The van der Waals surface area contributed by atoms with Crippen molar-refractivity contribution in [1.29, 1.82) is 0 Å². The van der Waals surface area contributed by atoms with Gasteiger partial charge in [0.1, 0.15) is 11.9 Å². The van der Waals surface area contributed by atoms with Gasteiger partial charge in [0.25, 0.3) is 5.91 Å². The van der Waals surface area contributed by atoms with Crippen molar-refractivity contribution in [1.82, 2.24) is 15.1 Å². The first-order chi connectivity index (χ1) is 10.3. The highest BCUT2D eigenvalue weighted by molar-refractivity contribution is 6.30. The van der Waals surface area contributed by atoms with Crippen LogP contribution in [-0.4, -0.2) is 47.8 Å². The number of hydrogen-bond donors (Lipinski definition) is 1. The van der Waals surface area contributed by atoms with E-state index in [0.29, 0.717) is 5.56 Å². The van der Waals surface area contributed by atoms with E-state index < -0.39 is 23.8 Å². The molecule has 1 atom stereocenters. The molecular formula is C14H15ClFN3O3. The van der Waals surface area contributed by atoms with E-state index in [4.69, 9.17) is 11.6 Å². The van der Waals surface area contributed by atoms with E-state index in [1.807, 2.05) is 0 Å². The molecule has 0 aliphatic carbocycles. The molecule has 0 unspecified atom stereocenters. The van der Waals surface area contributed by atoms with Crippen molar-refractivity contribution in [2.45, 2.75) is 19.0 Å². The lowest BCUT2D eigenvalue weighted by molar-refractivity contribution is -0.131. The predicted molar refractivity (Wildman–Crippen MR) is 77.6 cm³/mol. The van der Waals surface area contributed by atoms with Crippen LogP contribution in [0.5, 0.6) is 0 Å². The van der Waals surface area contributed by atoms with Gasteiger partial charge in [0.15, 0.2) is 0 Å². The second-order valence-corrected chi connectivity index (χ2v) is 5.44. The van der Waals surface area contributed by atoms with Gasteiger partial charge in [-0.1, -0.05) is 17.7 Å². The minimum Gasteiger partial charge on any atom is -0.352 e. The van der Waals surface area contributed by atoms with E-state index in [-0.39, 0.29) is 23.9 Å². The van der Waals surface area contributed by atoms with Gasteiger partial charge in [-0.25, -0.2) is 9.18 Å². The van der Waals surface area contributed by atoms with Crippen molar-refractivity contribution in [2.75, 3.05) is 14.1 Å². The first kappa shape index (κ1) is 16.2. The minimum absolute atomic E-state index is 0.0234. The Bertz CT molecular complexity index is 638.